The summed E-state index contributed by atoms with van der Waals surface area (Å²) < 4.78 is 10.8. The molecule has 0 aliphatic carbocycles. The fraction of sp³-hybridized carbons (Fsp3) is 0.350. The number of rotatable bonds is 6. The van der Waals surface area contributed by atoms with Crippen LogP contribution in [0, 0.1) is 0 Å². The number of amides is 2. The highest BCUT2D eigenvalue weighted by molar-refractivity contribution is 5.95. The summed E-state index contributed by atoms with van der Waals surface area (Å²) in [5.74, 6) is -0.539. The van der Waals surface area contributed by atoms with Gasteiger partial charge in [0.2, 0.25) is 5.91 Å². The average molecular weight is 369 g/mol. The predicted octanol–water partition coefficient (Wildman–Crippen LogP) is 1.72. The van der Waals surface area contributed by atoms with Crippen LogP contribution in [0.4, 0.5) is 0 Å². The third-order valence-electron chi connectivity index (χ3n) is 4.56. The maximum atomic E-state index is 12.8. The lowest BCUT2D eigenvalue weighted by Crippen LogP contribution is -2.45. The Morgan fingerprint density at radius 2 is 2.00 bits per heavy atom. The molecule has 0 saturated carbocycles. The van der Waals surface area contributed by atoms with E-state index in [0.29, 0.717) is 37.4 Å². The van der Waals surface area contributed by atoms with Crippen LogP contribution in [0.1, 0.15) is 27.1 Å². The Balaban J connectivity index is 1.70. The molecule has 1 aliphatic heterocycles. The van der Waals surface area contributed by atoms with E-state index < -0.39 is 5.91 Å². The summed E-state index contributed by atoms with van der Waals surface area (Å²) in [7, 11) is 1.65. The summed E-state index contributed by atoms with van der Waals surface area (Å²) in [6.07, 6.45) is 3.86. The number of nitrogens with two attached hydrogens (primary N) is 1. The number of carbonyl (C=O) groups excluding carboxylic acids is 2. The van der Waals surface area contributed by atoms with Gasteiger partial charge in [-0.3, -0.25) is 14.6 Å². The van der Waals surface area contributed by atoms with E-state index in [9.17, 15) is 9.59 Å². The molecule has 27 heavy (non-hydrogen) atoms. The summed E-state index contributed by atoms with van der Waals surface area (Å²) in [4.78, 5) is 29.9. The lowest BCUT2D eigenvalue weighted by Gasteiger charge is -2.33. The summed E-state index contributed by atoms with van der Waals surface area (Å²) >= 11 is 0. The Bertz CT molecular complexity index is 807. The van der Waals surface area contributed by atoms with Gasteiger partial charge in [-0.25, -0.2) is 0 Å². The molecular weight excluding hydrogens is 346 g/mol. The SMILES string of the molecule is COCCC1CN(C(=O)c2ccc(-c3cncc(C(N)=O)c3)cc2)CCO1. The smallest absolute Gasteiger partial charge is 0.254 e. The zero-order chi connectivity index (χ0) is 19.2. The molecule has 2 amide bonds. The fourth-order valence-electron chi connectivity index (χ4n) is 3.05. The van der Waals surface area contributed by atoms with Crippen molar-refractivity contribution in [3.8, 4) is 11.1 Å². The van der Waals surface area contributed by atoms with E-state index >= 15 is 0 Å². The van der Waals surface area contributed by atoms with Crippen LogP contribution < -0.4 is 5.73 Å². The lowest BCUT2D eigenvalue weighted by molar-refractivity contribution is -0.0332. The van der Waals surface area contributed by atoms with E-state index in [-0.39, 0.29) is 12.0 Å². The molecule has 2 aromatic rings. The maximum absolute atomic E-state index is 12.8. The summed E-state index contributed by atoms with van der Waals surface area (Å²) in [6, 6.07) is 8.95. The first-order valence-corrected chi connectivity index (χ1v) is 8.83. The number of benzene rings is 1. The highest BCUT2D eigenvalue weighted by Gasteiger charge is 2.24. The Morgan fingerprint density at radius 1 is 1.22 bits per heavy atom. The number of hydrogen-bond donors (Lipinski definition) is 1. The van der Waals surface area contributed by atoms with E-state index in [4.69, 9.17) is 15.2 Å². The van der Waals surface area contributed by atoms with Gasteiger partial charge < -0.3 is 20.1 Å². The molecule has 1 aliphatic rings. The van der Waals surface area contributed by atoms with Gasteiger partial charge in [-0.2, -0.15) is 0 Å². The molecule has 1 unspecified atom stereocenters. The van der Waals surface area contributed by atoms with Gasteiger partial charge in [0.25, 0.3) is 5.91 Å². The summed E-state index contributed by atoms with van der Waals surface area (Å²) in [5.41, 5.74) is 7.90. The molecule has 1 atom stereocenters. The third-order valence-corrected chi connectivity index (χ3v) is 4.56. The number of primary amides is 1. The quantitative estimate of drug-likeness (QED) is 0.837. The first-order chi connectivity index (χ1) is 13.1. The van der Waals surface area contributed by atoms with Crippen LogP contribution >= 0.6 is 0 Å². The van der Waals surface area contributed by atoms with Gasteiger partial charge in [0, 0.05) is 50.3 Å². The molecule has 1 fully saturated rings. The molecule has 1 saturated heterocycles. The van der Waals surface area contributed by atoms with E-state index in [0.717, 1.165) is 17.5 Å². The molecule has 2 N–H and O–H groups in total. The number of aromatic nitrogens is 1. The maximum Gasteiger partial charge on any atom is 0.254 e. The molecule has 1 aromatic carbocycles. The number of methoxy groups -OCH3 is 1. The van der Waals surface area contributed by atoms with Gasteiger partial charge in [0.1, 0.15) is 0 Å². The van der Waals surface area contributed by atoms with Crippen LogP contribution in [0.15, 0.2) is 42.7 Å². The Labute approximate surface area is 158 Å². The van der Waals surface area contributed by atoms with Crippen LogP contribution in [0.2, 0.25) is 0 Å². The van der Waals surface area contributed by atoms with Gasteiger partial charge in [0.05, 0.1) is 18.3 Å². The topological polar surface area (TPSA) is 94.8 Å². The van der Waals surface area contributed by atoms with Crippen LogP contribution in [-0.2, 0) is 9.47 Å². The van der Waals surface area contributed by atoms with Crippen LogP contribution in [0.3, 0.4) is 0 Å². The second-order valence-corrected chi connectivity index (χ2v) is 6.43. The second kappa shape index (κ2) is 8.75. The minimum atomic E-state index is -0.522. The molecule has 0 spiro atoms. The first kappa shape index (κ1) is 19.0. The van der Waals surface area contributed by atoms with Crippen molar-refractivity contribution in [2.24, 2.45) is 5.73 Å². The van der Waals surface area contributed by atoms with Gasteiger partial charge in [-0.05, 0) is 30.2 Å². The van der Waals surface area contributed by atoms with E-state index in [2.05, 4.69) is 4.98 Å². The fourth-order valence-corrected chi connectivity index (χ4v) is 3.05. The largest absolute Gasteiger partial charge is 0.385 e. The first-order valence-electron chi connectivity index (χ1n) is 8.83. The third kappa shape index (κ3) is 4.69. The minimum Gasteiger partial charge on any atom is -0.385 e. The van der Waals surface area contributed by atoms with Crippen molar-refractivity contribution in [1.82, 2.24) is 9.88 Å². The van der Waals surface area contributed by atoms with Gasteiger partial charge in [-0.15, -0.1) is 0 Å². The van der Waals surface area contributed by atoms with E-state index in [1.807, 2.05) is 17.0 Å². The van der Waals surface area contributed by atoms with Gasteiger partial charge >= 0.3 is 0 Å². The van der Waals surface area contributed by atoms with Crippen molar-refractivity contribution in [3.63, 3.8) is 0 Å². The average Bonchev–Trinajstić information content (AvgIpc) is 2.72. The number of ether oxygens (including phenoxy) is 2. The van der Waals surface area contributed by atoms with Crippen LogP contribution in [0.5, 0.6) is 0 Å². The number of hydrogen-bond acceptors (Lipinski definition) is 5. The van der Waals surface area contributed by atoms with Crippen molar-refractivity contribution >= 4 is 11.8 Å². The molecule has 7 nitrogen and oxygen atoms in total. The Kier molecular flexibility index (Phi) is 6.16. The molecular formula is C20H23N3O4. The zero-order valence-electron chi connectivity index (χ0n) is 15.3. The molecule has 0 bridgehead atoms. The zero-order valence-corrected chi connectivity index (χ0v) is 15.3. The summed E-state index contributed by atoms with van der Waals surface area (Å²) in [6.45, 7) is 2.28. The van der Waals surface area contributed by atoms with Crippen LogP contribution in [0.25, 0.3) is 11.1 Å². The summed E-state index contributed by atoms with van der Waals surface area (Å²) in [5, 5.41) is 0. The highest BCUT2D eigenvalue weighted by atomic mass is 16.5. The molecule has 142 valence electrons. The van der Waals surface area contributed by atoms with Crippen molar-refractivity contribution in [1.29, 1.82) is 0 Å². The van der Waals surface area contributed by atoms with Crippen LogP contribution in [-0.4, -0.2) is 61.2 Å². The molecule has 3 rings (SSSR count). The Morgan fingerprint density at radius 3 is 2.70 bits per heavy atom. The normalized spacial score (nSPS) is 16.9. The molecule has 2 heterocycles. The van der Waals surface area contributed by atoms with Crippen molar-refractivity contribution in [2.45, 2.75) is 12.5 Å². The lowest BCUT2D eigenvalue weighted by atomic mass is 10.0. The van der Waals surface area contributed by atoms with Gasteiger partial charge in [-0.1, -0.05) is 12.1 Å². The number of nitrogens with zero attached hydrogens (tertiary/aromatic N) is 2. The predicted molar refractivity (Wildman–Crippen MR) is 100 cm³/mol. The monoisotopic (exact) mass is 369 g/mol. The Hall–Kier alpha value is -2.77. The molecule has 7 heteroatoms. The van der Waals surface area contributed by atoms with Crippen molar-refractivity contribution in [3.05, 3.63) is 53.9 Å². The number of carbonyl (C=O) groups is 2. The number of pyridine rings is 1. The van der Waals surface area contributed by atoms with Crippen molar-refractivity contribution in [2.75, 3.05) is 33.4 Å². The van der Waals surface area contributed by atoms with Gasteiger partial charge in [0.15, 0.2) is 0 Å². The minimum absolute atomic E-state index is 0.00420. The standard InChI is InChI=1S/C20H23N3O4/c1-26-8-6-18-13-23(7-9-27-18)20(25)15-4-2-14(3-5-15)16-10-17(19(21)24)12-22-11-16/h2-5,10-12,18H,6-9,13H2,1H3,(H2,21,24). The van der Waals surface area contributed by atoms with Crippen molar-refractivity contribution < 1.29 is 19.1 Å². The number of morpholine rings is 1. The molecule has 1 aromatic heterocycles. The van der Waals surface area contributed by atoms with E-state index in [1.54, 1.807) is 31.5 Å². The van der Waals surface area contributed by atoms with E-state index in [1.165, 1.54) is 6.20 Å². The second-order valence-electron chi connectivity index (χ2n) is 6.43. The molecule has 0 radical (unpaired) electrons. The highest BCUT2D eigenvalue weighted by Crippen LogP contribution is 2.21.